The SMILES string of the molecule is CCCCCCCC[N+](C)(C)CCCCOc1cc(O)c2c(c1)C(=O)c1cc(C)cc(O)c1C2=O. The Balaban J connectivity index is 1.53. The van der Waals surface area contributed by atoms with Crippen molar-refractivity contribution in [3.8, 4) is 17.2 Å². The standard InChI is InChI=1S/C29H39NO5/c1-5-6-7-8-9-10-13-30(3,4)14-11-12-15-35-21-18-23-27(25(32)19-21)29(34)26-22(28(23)33)16-20(2)17-24(26)31/h16-19H,5-15H2,1-4H3,(H-,31,32,34)/p+1. The van der Waals surface area contributed by atoms with Crippen LogP contribution in [0.4, 0.5) is 0 Å². The van der Waals surface area contributed by atoms with E-state index in [-0.39, 0.29) is 33.8 Å². The molecule has 0 saturated carbocycles. The minimum absolute atomic E-state index is 0.0567. The van der Waals surface area contributed by atoms with E-state index in [2.05, 4.69) is 21.0 Å². The highest BCUT2D eigenvalue weighted by atomic mass is 16.5. The first-order chi connectivity index (χ1) is 16.6. The van der Waals surface area contributed by atoms with Crippen LogP contribution < -0.4 is 4.74 Å². The van der Waals surface area contributed by atoms with Crippen molar-refractivity contribution in [2.75, 3.05) is 33.8 Å². The molecule has 0 heterocycles. The number of hydrogen-bond donors (Lipinski definition) is 2. The number of benzene rings is 2. The molecule has 3 rings (SSSR count). The van der Waals surface area contributed by atoms with E-state index < -0.39 is 11.6 Å². The predicted molar refractivity (Wildman–Crippen MR) is 138 cm³/mol. The number of aryl methyl sites for hydroxylation is 1. The van der Waals surface area contributed by atoms with Crippen molar-refractivity contribution in [2.24, 2.45) is 0 Å². The van der Waals surface area contributed by atoms with E-state index in [0.717, 1.165) is 23.9 Å². The summed E-state index contributed by atoms with van der Waals surface area (Å²) in [7, 11) is 4.54. The van der Waals surface area contributed by atoms with Gasteiger partial charge in [0.05, 0.1) is 44.9 Å². The molecule has 0 aromatic heterocycles. The molecule has 0 aliphatic heterocycles. The molecule has 6 heteroatoms. The third kappa shape index (κ3) is 6.63. The molecule has 0 unspecified atom stereocenters. The van der Waals surface area contributed by atoms with Gasteiger partial charge < -0.3 is 19.4 Å². The number of carbonyl (C=O) groups excluding carboxylic acids is 2. The van der Waals surface area contributed by atoms with E-state index in [4.69, 9.17) is 4.74 Å². The maximum absolute atomic E-state index is 13.1. The van der Waals surface area contributed by atoms with E-state index in [1.165, 1.54) is 63.3 Å². The number of ketones is 2. The number of ether oxygens (including phenoxy) is 1. The summed E-state index contributed by atoms with van der Waals surface area (Å²) in [6.45, 7) is 6.70. The van der Waals surface area contributed by atoms with Crippen LogP contribution in [0.15, 0.2) is 24.3 Å². The summed E-state index contributed by atoms with van der Waals surface area (Å²) in [5.74, 6) is -1.15. The average molecular weight is 483 g/mol. The van der Waals surface area contributed by atoms with Crippen LogP contribution in [-0.2, 0) is 0 Å². The summed E-state index contributed by atoms with van der Waals surface area (Å²) in [4.78, 5) is 26.0. The van der Waals surface area contributed by atoms with Crippen molar-refractivity contribution in [3.05, 3.63) is 52.1 Å². The molecule has 2 aromatic carbocycles. The number of fused-ring (bicyclic) bond motifs is 2. The Hall–Kier alpha value is -2.86. The van der Waals surface area contributed by atoms with Gasteiger partial charge in [-0.2, -0.15) is 0 Å². The smallest absolute Gasteiger partial charge is 0.201 e. The number of quaternary nitrogens is 1. The van der Waals surface area contributed by atoms with Gasteiger partial charge >= 0.3 is 0 Å². The molecule has 0 amide bonds. The molecule has 1 aliphatic carbocycles. The fraction of sp³-hybridized carbons (Fsp3) is 0.517. The van der Waals surface area contributed by atoms with Crippen molar-refractivity contribution in [3.63, 3.8) is 0 Å². The predicted octanol–water partition coefficient (Wildman–Crippen LogP) is 5.78. The Bertz CT molecular complexity index is 1070. The fourth-order valence-electron chi connectivity index (χ4n) is 4.82. The lowest BCUT2D eigenvalue weighted by molar-refractivity contribution is -0.890. The second-order valence-corrected chi connectivity index (χ2v) is 10.4. The molecule has 0 bridgehead atoms. The van der Waals surface area contributed by atoms with Gasteiger partial charge in [0.1, 0.15) is 17.2 Å². The summed E-state index contributed by atoms with van der Waals surface area (Å²) in [5.41, 5.74) is 0.808. The van der Waals surface area contributed by atoms with Crippen LogP contribution in [0.2, 0.25) is 0 Å². The average Bonchev–Trinajstić information content (AvgIpc) is 2.78. The Labute approximate surface area is 209 Å². The Kier molecular flexibility index (Phi) is 8.95. The largest absolute Gasteiger partial charge is 0.507 e. The summed E-state index contributed by atoms with van der Waals surface area (Å²) in [6.07, 6.45) is 9.72. The molecular weight excluding hydrogens is 442 g/mol. The first kappa shape index (κ1) is 26.7. The van der Waals surface area contributed by atoms with Gasteiger partial charge in [-0.15, -0.1) is 0 Å². The minimum atomic E-state index is -0.554. The van der Waals surface area contributed by atoms with E-state index in [1.807, 2.05) is 0 Å². The number of nitrogens with zero attached hydrogens (tertiary/aromatic N) is 1. The third-order valence-electron chi connectivity index (χ3n) is 6.84. The molecule has 2 N–H and O–H groups in total. The molecule has 0 spiro atoms. The fourth-order valence-corrected chi connectivity index (χ4v) is 4.82. The number of aromatic hydroxyl groups is 2. The normalized spacial score (nSPS) is 13.0. The number of unbranched alkanes of at least 4 members (excludes halogenated alkanes) is 6. The molecule has 0 fully saturated rings. The molecule has 190 valence electrons. The zero-order valence-electron chi connectivity index (χ0n) is 21.7. The summed E-state index contributed by atoms with van der Waals surface area (Å²) in [6, 6.07) is 5.93. The van der Waals surface area contributed by atoms with Crippen molar-refractivity contribution in [2.45, 2.75) is 65.2 Å². The molecule has 35 heavy (non-hydrogen) atoms. The van der Waals surface area contributed by atoms with Crippen molar-refractivity contribution in [1.82, 2.24) is 0 Å². The molecule has 6 nitrogen and oxygen atoms in total. The Morgan fingerprint density at radius 2 is 1.31 bits per heavy atom. The van der Waals surface area contributed by atoms with Crippen LogP contribution >= 0.6 is 0 Å². The van der Waals surface area contributed by atoms with Crippen LogP contribution in [0.5, 0.6) is 17.2 Å². The Morgan fingerprint density at radius 1 is 0.743 bits per heavy atom. The van der Waals surface area contributed by atoms with Crippen LogP contribution in [0, 0.1) is 6.92 Å². The quantitative estimate of drug-likeness (QED) is 0.238. The lowest BCUT2D eigenvalue weighted by Crippen LogP contribution is -2.41. The van der Waals surface area contributed by atoms with Crippen molar-refractivity contribution < 1.29 is 29.0 Å². The molecule has 0 saturated heterocycles. The second kappa shape index (κ2) is 11.7. The van der Waals surface area contributed by atoms with Gasteiger partial charge in [0, 0.05) is 17.2 Å². The Morgan fingerprint density at radius 3 is 2.00 bits per heavy atom. The van der Waals surface area contributed by atoms with Gasteiger partial charge in [-0.1, -0.05) is 32.6 Å². The number of carbonyl (C=O) groups is 2. The van der Waals surface area contributed by atoms with Crippen LogP contribution in [0.1, 0.15) is 95.7 Å². The summed E-state index contributed by atoms with van der Waals surface area (Å²) >= 11 is 0. The topological polar surface area (TPSA) is 83.8 Å². The molecule has 0 radical (unpaired) electrons. The van der Waals surface area contributed by atoms with Gasteiger partial charge in [-0.25, -0.2) is 0 Å². The number of phenols is 2. The van der Waals surface area contributed by atoms with E-state index >= 15 is 0 Å². The highest BCUT2D eigenvalue weighted by Gasteiger charge is 2.35. The third-order valence-corrected chi connectivity index (χ3v) is 6.84. The van der Waals surface area contributed by atoms with Gasteiger partial charge in [-0.3, -0.25) is 9.59 Å². The molecule has 0 atom stereocenters. The highest BCUT2D eigenvalue weighted by Crippen LogP contribution is 2.39. The highest BCUT2D eigenvalue weighted by molar-refractivity contribution is 6.30. The number of rotatable bonds is 13. The zero-order chi connectivity index (χ0) is 25.6. The molecule has 1 aliphatic rings. The first-order valence-electron chi connectivity index (χ1n) is 12.9. The van der Waals surface area contributed by atoms with Crippen molar-refractivity contribution in [1.29, 1.82) is 0 Å². The summed E-state index contributed by atoms with van der Waals surface area (Å²) in [5, 5.41) is 20.8. The molecule has 2 aromatic rings. The summed E-state index contributed by atoms with van der Waals surface area (Å²) < 4.78 is 6.84. The van der Waals surface area contributed by atoms with Crippen LogP contribution in [0.25, 0.3) is 0 Å². The van der Waals surface area contributed by atoms with E-state index in [9.17, 15) is 19.8 Å². The zero-order valence-corrected chi connectivity index (χ0v) is 21.7. The lowest BCUT2D eigenvalue weighted by atomic mass is 9.82. The van der Waals surface area contributed by atoms with Crippen LogP contribution in [-0.4, -0.2) is 60.1 Å². The lowest BCUT2D eigenvalue weighted by Gasteiger charge is -2.30. The van der Waals surface area contributed by atoms with Gasteiger partial charge in [0.2, 0.25) is 5.78 Å². The maximum atomic E-state index is 13.1. The molecular formula is C29H40NO5+. The number of phenolic OH excluding ortho intramolecular Hbond substituents is 2. The van der Waals surface area contributed by atoms with Gasteiger partial charge in [-0.05, 0) is 56.4 Å². The minimum Gasteiger partial charge on any atom is -0.507 e. The van der Waals surface area contributed by atoms with E-state index in [1.54, 1.807) is 13.0 Å². The van der Waals surface area contributed by atoms with Crippen molar-refractivity contribution >= 4 is 11.6 Å². The van der Waals surface area contributed by atoms with Crippen LogP contribution in [0.3, 0.4) is 0 Å². The maximum Gasteiger partial charge on any atom is 0.201 e. The van der Waals surface area contributed by atoms with E-state index in [0.29, 0.717) is 17.9 Å². The number of hydrogen-bond acceptors (Lipinski definition) is 5. The first-order valence-corrected chi connectivity index (χ1v) is 12.9. The van der Waals surface area contributed by atoms with Gasteiger partial charge in [0.25, 0.3) is 0 Å². The van der Waals surface area contributed by atoms with Gasteiger partial charge in [0.15, 0.2) is 5.78 Å². The monoisotopic (exact) mass is 482 g/mol. The second-order valence-electron chi connectivity index (χ2n) is 10.4.